The van der Waals surface area contributed by atoms with Crippen LogP contribution in [0.4, 0.5) is 0 Å². The standard InChI is InChI=1S/C7H14O3/c1-6(8)4-3-5-10-7(2)9/h7,9H,3-5H2,1-2H3. The number of hydrogen-bond acceptors (Lipinski definition) is 3. The summed E-state index contributed by atoms with van der Waals surface area (Å²) in [5.41, 5.74) is 0. The Kier molecular flexibility index (Phi) is 5.16. The molecule has 0 aromatic heterocycles. The van der Waals surface area contributed by atoms with E-state index in [0.29, 0.717) is 19.4 Å². The van der Waals surface area contributed by atoms with Gasteiger partial charge in [0.15, 0.2) is 6.29 Å². The molecule has 1 atom stereocenters. The second-order valence-electron chi connectivity index (χ2n) is 2.28. The summed E-state index contributed by atoms with van der Waals surface area (Å²) < 4.78 is 4.80. The average Bonchev–Trinajstić information content (AvgIpc) is 1.79. The molecule has 60 valence electrons. The van der Waals surface area contributed by atoms with Gasteiger partial charge in [-0.15, -0.1) is 0 Å². The first-order valence-corrected chi connectivity index (χ1v) is 3.42. The maximum Gasteiger partial charge on any atom is 0.151 e. The third kappa shape index (κ3) is 7.59. The number of aliphatic hydroxyl groups is 1. The Morgan fingerprint density at radius 1 is 1.70 bits per heavy atom. The monoisotopic (exact) mass is 146 g/mol. The molecule has 0 rings (SSSR count). The Labute approximate surface area is 61.0 Å². The van der Waals surface area contributed by atoms with Gasteiger partial charge in [0.25, 0.3) is 0 Å². The van der Waals surface area contributed by atoms with E-state index in [1.807, 2.05) is 0 Å². The van der Waals surface area contributed by atoms with Crippen LogP contribution in [0.3, 0.4) is 0 Å². The molecular formula is C7H14O3. The molecule has 0 fully saturated rings. The Balaban J connectivity index is 2.98. The van der Waals surface area contributed by atoms with Crippen LogP contribution in [0, 0.1) is 0 Å². The normalized spacial score (nSPS) is 13.1. The van der Waals surface area contributed by atoms with Gasteiger partial charge in [-0.2, -0.15) is 0 Å². The number of ketones is 1. The van der Waals surface area contributed by atoms with Crippen LogP contribution in [0.25, 0.3) is 0 Å². The van der Waals surface area contributed by atoms with Crippen LogP contribution in [0.15, 0.2) is 0 Å². The average molecular weight is 146 g/mol. The number of carbonyl (C=O) groups excluding carboxylic acids is 1. The predicted octanol–water partition coefficient (Wildman–Crippen LogP) is 0.710. The van der Waals surface area contributed by atoms with Crippen molar-refractivity contribution in [3.63, 3.8) is 0 Å². The van der Waals surface area contributed by atoms with Gasteiger partial charge in [0.2, 0.25) is 0 Å². The number of hydrogen-bond donors (Lipinski definition) is 1. The van der Waals surface area contributed by atoms with Crippen molar-refractivity contribution in [2.45, 2.75) is 33.0 Å². The van der Waals surface area contributed by atoms with E-state index >= 15 is 0 Å². The van der Waals surface area contributed by atoms with Crippen molar-refractivity contribution >= 4 is 5.78 Å². The van der Waals surface area contributed by atoms with E-state index < -0.39 is 6.29 Å². The lowest BCUT2D eigenvalue weighted by atomic mass is 10.2. The molecule has 3 heteroatoms. The fourth-order valence-corrected chi connectivity index (χ4v) is 0.575. The van der Waals surface area contributed by atoms with Crippen LogP contribution in [-0.2, 0) is 9.53 Å². The first-order chi connectivity index (χ1) is 4.63. The quantitative estimate of drug-likeness (QED) is 0.459. The molecule has 0 heterocycles. The van der Waals surface area contributed by atoms with Crippen LogP contribution >= 0.6 is 0 Å². The predicted molar refractivity (Wildman–Crippen MR) is 37.5 cm³/mol. The van der Waals surface area contributed by atoms with Crippen molar-refractivity contribution < 1.29 is 14.6 Å². The summed E-state index contributed by atoms with van der Waals surface area (Å²) in [7, 11) is 0. The number of carbonyl (C=O) groups is 1. The minimum absolute atomic E-state index is 0.161. The highest BCUT2D eigenvalue weighted by molar-refractivity contribution is 5.75. The maximum absolute atomic E-state index is 10.4. The zero-order valence-electron chi connectivity index (χ0n) is 6.46. The second-order valence-corrected chi connectivity index (χ2v) is 2.28. The van der Waals surface area contributed by atoms with E-state index in [1.54, 1.807) is 13.8 Å². The molecule has 0 saturated heterocycles. The molecule has 0 bridgehead atoms. The highest BCUT2D eigenvalue weighted by Gasteiger charge is 1.95. The van der Waals surface area contributed by atoms with Crippen molar-refractivity contribution in [2.75, 3.05) is 6.61 Å². The van der Waals surface area contributed by atoms with Crippen LogP contribution in [-0.4, -0.2) is 23.8 Å². The minimum atomic E-state index is -0.716. The Bertz CT molecular complexity index is 99.0. The van der Waals surface area contributed by atoms with Crippen molar-refractivity contribution in [3.05, 3.63) is 0 Å². The zero-order chi connectivity index (χ0) is 7.98. The molecule has 0 aromatic rings. The molecule has 3 nitrogen and oxygen atoms in total. The zero-order valence-corrected chi connectivity index (χ0v) is 6.46. The number of rotatable bonds is 5. The summed E-state index contributed by atoms with van der Waals surface area (Å²) in [4.78, 5) is 10.4. The van der Waals surface area contributed by atoms with E-state index in [0.717, 1.165) is 0 Å². The number of ether oxygens (including phenoxy) is 1. The van der Waals surface area contributed by atoms with E-state index in [9.17, 15) is 4.79 Å². The lowest BCUT2D eigenvalue weighted by Gasteiger charge is -2.04. The summed E-state index contributed by atoms with van der Waals surface area (Å²) in [5.74, 6) is 0.161. The van der Waals surface area contributed by atoms with E-state index in [2.05, 4.69) is 0 Å². The van der Waals surface area contributed by atoms with E-state index in [-0.39, 0.29) is 5.78 Å². The number of Topliss-reactive ketones (excluding diaryl/α,β-unsaturated/α-hetero) is 1. The van der Waals surface area contributed by atoms with Crippen LogP contribution < -0.4 is 0 Å². The largest absolute Gasteiger partial charge is 0.368 e. The van der Waals surface area contributed by atoms with Gasteiger partial charge in [0.05, 0.1) is 6.61 Å². The summed E-state index contributed by atoms with van der Waals surface area (Å²) >= 11 is 0. The minimum Gasteiger partial charge on any atom is -0.368 e. The molecule has 0 aromatic carbocycles. The molecule has 0 saturated carbocycles. The fraction of sp³-hybridized carbons (Fsp3) is 0.857. The summed E-state index contributed by atoms with van der Waals surface area (Å²) in [6.07, 6.45) is 0.513. The second kappa shape index (κ2) is 5.38. The van der Waals surface area contributed by atoms with Gasteiger partial charge in [-0.1, -0.05) is 0 Å². The van der Waals surface area contributed by atoms with Gasteiger partial charge in [-0.05, 0) is 20.3 Å². The third-order valence-corrected chi connectivity index (χ3v) is 1.03. The molecule has 0 spiro atoms. The lowest BCUT2D eigenvalue weighted by molar-refractivity contribution is -0.118. The van der Waals surface area contributed by atoms with Gasteiger partial charge < -0.3 is 14.6 Å². The Morgan fingerprint density at radius 3 is 2.70 bits per heavy atom. The molecule has 0 aliphatic rings. The highest BCUT2D eigenvalue weighted by Crippen LogP contribution is 1.93. The summed E-state index contributed by atoms with van der Waals surface area (Å²) in [5, 5.41) is 8.61. The molecule has 1 N–H and O–H groups in total. The van der Waals surface area contributed by atoms with Gasteiger partial charge in [-0.3, -0.25) is 0 Å². The number of aliphatic hydroxyl groups excluding tert-OH is 1. The molecule has 0 radical (unpaired) electrons. The summed E-state index contributed by atoms with van der Waals surface area (Å²) in [6.45, 7) is 3.55. The van der Waals surface area contributed by atoms with Crippen molar-refractivity contribution in [1.82, 2.24) is 0 Å². The molecule has 0 amide bonds. The van der Waals surface area contributed by atoms with Crippen LogP contribution in [0.5, 0.6) is 0 Å². The summed E-state index contributed by atoms with van der Waals surface area (Å²) in [6, 6.07) is 0. The first kappa shape index (κ1) is 9.59. The fourth-order valence-electron chi connectivity index (χ4n) is 0.575. The third-order valence-electron chi connectivity index (χ3n) is 1.03. The maximum atomic E-state index is 10.4. The lowest BCUT2D eigenvalue weighted by Crippen LogP contribution is -2.07. The molecule has 0 aliphatic carbocycles. The van der Waals surface area contributed by atoms with Crippen LogP contribution in [0.2, 0.25) is 0 Å². The topological polar surface area (TPSA) is 46.5 Å². The first-order valence-electron chi connectivity index (χ1n) is 3.42. The van der Waals surface area contributed by atoms with Gasteiger partial charge >= 0.3 is 0 Å². The highest BCUT2D eigenvalue weighted by atomic mass is 16.6. The van der Waals surface area contributed by atoms with Gasteiger partial charge in [0.1, 0.15) is 5.78 Å². The molecular weight excluding hydrogens is 132 g/mol. The Morgan fingerprint density at radius 2 is 2.30 bits per heavy atom. The molecule has 0 aliphatic heterocycles. The van der Waals surface area contributed by atoms with Crippen molar-refractivity contribution in [2.24, 2.45) is 0 Å². The smallest absolute Gasteiger partial charge is 0.151 e. The van der Waals surface area contributed by atoms with Gasteiger partial charge in [0, 0.05) is 6.42 Å². The Hall–Kier alpha value is -0.410. The van der Waals surface area contributed by atoms with Crippen LogP contribution in [0.1, 0.15) is 26.7 Å². The molecule has 10 heavy (non-hydrogen) atoms. The van der Waals surface area contributed by atoms with E-state index in [1.165, 1.54) is 0 Å². The molecule has 1 unspecified atom stereocenters. The SMILES string of the molecule is CC(=O)CCCOC(C)O. The van der Waals surface area contributed by atoms with E-state index in [4.69, 9.17) is 9.84 Å². The van der Waals surface area contributed by atoms with Crippen molar-refractivity contribution in [1.29, 1.82) is 0 Å². The van der Waals surface area contributed by atoms with Gasteiger partial charge in [-0.25, -0.2) is 0 Å². The van der Waals surface area contributed by atoms with Crippen molar-refractivity contribution in [3.8, 4) is 0 Å².